The number of hydrogen-bond donors (Lipinski definition) is 3. The second-order valence-electron chi connectivity index (χ2n) is 7.99. The van der Waals surface area contributed by atoms with Crippen molar-refractivity contribution < 1.29 is 14.4 Å². The van der Waals surface area contributed by atoms with E-state index in [4.69, 9.17) is 5.73 Å². The molecule has 4 N–H and O–H groups in total. The number of carbonyl (C=O) groups excluding carboxylic acids is 3. The summed E-state index contributed by atoms with van der Waals surface area (Å²) >= 11 is 0. The average Bonchev–Trinajstić information content (AvgIpc) is 3.09. The molecule has 1 aromatic heterocycles. The molecule has 8 heteroatoms. The number of hydrogen-bond acceptors (Lipinski definition) is 4. The second kappa shape index (κ2) is 9.91. The minimum absolute atomic E-state index is 0.0428. The lowest BCUT2D eigenvalue weighted by Gasteiger charge is -2.20. The van der Waals surface area contributed by atoms with Gasteiger partial charge in [-0.1, -0.05) is 49.7 Å². The number of nitrogens with zero attached hydrogens (tertiary/aromatic N) is 2. The number of carbonyl (C=O) groups is 3. The Labute approximate surface area is 186 Å². The predicted molar refractivity (Wildman–Crippen MR) is 124 cm³/mol. The summed E-state index contributed by atoms with van der Waals surface area (Å²) in [7, 11) is 0. The molecule has 2 aromatic carbocycles. The third kappa shape index (κ3) is 5.40. The Hall–Kier alpha value is -3.94. The predicted octanol–water partition coefficient (Wildman–Crippen LogP) is 2.34. The van der Waals surface area contributed by atoms with E-state index in [1.54, 1.807) is 22.9 Å². The molecule has 166 valence electrons. The van der Waals surface area contributed by atoms with Crippen LogP contribution in [0.4, 0.5) is 0 Å². The maximum absolute atomic E-state index is 12.7. The van der Waals surface area contributed by atoms with Crippen LogP contribution >= 0.6 is 0 Å². The number of amides is 3. The lowest BCUT2D eigenvalue weighted by Crippen LogP contribution is -2.48. The van der Waals surface area contributed by atoms with Crippen LogP contribution in [-0.2, 0) is 16.1 Å². The maximum Gasteiger partial charge on any atom is 0.262 e. The summed E-state index contributed by atoms with van der Waals surface area (Å²) in [4.78, 5) is 36.6. The van der Waals surface area contributed by atoms with Crippen molar-refractivity contribution in [3.8, 4) is 0 Å². The van der Waals surface area contributed by atoms with Crippen LogP contribution in [0.2, 0.25) is 0 Å². The zero-order valence-corrected chi connectivity index (χ0v) is 18.3. The monoisotopic (exact) mass is 433 g/mol. The first-order valence-corrected chi connectivity index (χ1v) is 10.3. The number of fused-ring (bicyclic) bond motifs is 1. The topological polar surface area (TPSA) is 119 Å². The van der Waals surface area contributed by atoms with Gasteiger partial charge in [-0.15, -0.1) is 0 Å². The van der Waals surface area contributed by atoms with Crippen LogP contribution in [0.3, 0.4) is 0 Å². The number of aryl methyl sites for hydroxylation is 1. The van der Waals surface area contributed by atoms with E-state index in [1.807, 2.05) is 57.2 Å². The van der Waals surface area contributed by atoms with Crippen molar-refractivity contribution in [3.05, 3.63) is 71.4 Å². The number of hydrazone groups is 1. The molecule has 0 unspecified atom stereocenters. The van der Waals surface area contributed by atoms with Gasteiger partial charge in [0, 0.05) is 28.2 Å². The van der Waals surface area contributed by atoms with E-state index in [1.165, 1.54) is 6.21 Å². The van der Waals surface area contributed by atoms with E-state index in [2.05, 4.69) is 15.8 Å². The van der Waals surface area contributed by atoms with Crippen molar-refractivity contribution in [2.24, 2.45) is 16.8 Å². The third-order valence-corrected chi connectivity index (χ3v) is 5.07. The number of benzene rings is 2. The molecule has 3 aromatic rings. The molecule has 0 spiro atoms. The van der Waals surface area contributed by atoms with Gasteiger partial charge in [-0.2, -0.15) is 5.10 Å². The fourth-order valence-electron chi connectivity index (χ4n) is 3.38. The zero-order valence-electron chi connectivity index (χ0n) is 18.3. The fourth-order valence-corrected chi connectivity index (χ4v) is 3.38. The lowest BCUT2D eigenvalue weighted by molar-refractivity contribution is -0.124. The summed E-state index contributed by atoms with van der Waals surface area (Å²) in [5.74, 6) is -1.33. The molecule has 3 amide bonds. The van der Waals surface area contributed by atoms with E-state index < -0.39 is 17.9 Å². The molecule has 1 heterocycles. The molecule has 0 saturated heterocycles. The Morgan fingerprint density at radius 1 is 1.09 bits per heavy atom. The average molecular weight is 434 g/mol. The summed E-state index contributed by atoms with van der Waals surface area (Å²) in [6.45, 7) is 5.68. The van der Waals surface area contributed by atoms with E-state index in [9.17, 15) is 14.4 Å². The highest BCUT2D eigenvalue weighted by Crippen LogP contribution is 2.19. The Morgan fingerprint density at radius 2 is 1.78 bits per heavy atom. The summed E-state index contributed by atoms with van der Waals surface area (Å²) in [6.07, 6.45) is 3.26. The van der Waals surface area contributed by atoms with Gasteiger partial charge in [-0.05, 0) is 31.0 Å². The van der Waals surface area contributed by atoms with Crippen LogP contribution in [0.1, 0.15) is 35.3 Å². The molecule has 0 aliphatic carbocycles. The molecule has 0 radical (unpaired) electrons. The van der Waals surface area contributed by atoms with Gasteiger partial charge in [0.25, 0.3) is 11.8 Å². The number of para-hydroxylation sites is 1. The van der Waals surface area contributed by atoms with E-state index >= 15 is 0 Å². The second-order valence-corrected chi connectivity index (χ2v) is 7.99. The smallest absolute Gasteiger partial charge is 0.262 e. The standard InChI is InChI=1S/C24H27N5O3/c1-15(2)22(27-23(31)17-10-8-16(3)9-11-17)24(32)28-26-12-18-13-29(14-21(25)30)20-7-5-4-6-19(18)20/h4-13,15,22H,14H2,1-3H3,(H2,25,30)(H,27,31)(H,28,32)/b26-12+/t22-/m1/s1. The highest BCUT2D eigenvalue weighted by atomic mass is 16.2. The van der Waals surface area contributed by atoms with Gasteiger partial charge in [0.05, 0.1) is 6.21 Å². The van der Waals surface area contributed by atoms with Gasteiger partial charge >= 0.3 is 0 Å². The Balaban J connectivity index is 1.72. The van der Waals surface area contributed by atoms with Gasteiger partial charge in [0.15, 0.2) is 0 Å². The number of nitrogens with one attached hydrogen (secondary N) is 2. The molecule has 0 bridgehead atoms. The molecule has 0 aliphatic rings. The summed E-state index contributed by atoms with van der Waals surface area (Å²) in [5, 5.41) is 7.72. The van der Waals surface area contributed by atoms with Crippen LogP contribution < -0.4 is 16.5 Å². The summed E-state index contributed by atoms with van der Waals surface area (Å²) in [6, 6.07) is 13.9. The van der Waals surface area contributed by atoms with Crippen molar-refractivity contribution in [1.29, 1.82) is 0 Å². The highest BCUT2D eigenvalue weighted by molar-refractivity contribution is 6.01. The van der Waals surface area contributed by atoms with Crippen molar-refractivity contribution in [2.45, 2.75) is 33.4 Å². The number of rotatable bonds is 8. The molecule has 0 aliphatic heterocycles. The number of nitrogens with two attached hydrogens (primary N) is 1. The van der Waals surface area contributed by atoms with Crippen LogP contribution in [0.25, 0.3) is 10.9 Å². The zero-order chi connectivity index (χ0) is 23.3. The van der Waals surface area contributed by atoms with Crippen molar-refractivity contribution in [2.75, 3.05) is 0 Å². The Kier molecular flexibility index (Phi) is 7.04. The number of primary amides is 1. The van der Waals surface area contributed by atoms with E-state index in [0.717, 1.165) is 22.0 Å². The summed E-state index contributed by atoms with van der Waals surface area (Å²) in [5.41, 5.74) is 10.9. The molecular weight excluding hydrogens is 406 g/mol. The first-order valence-electron chi connectivity index (χ1n) is 10.3. The molecular formula is C24H27N5O3. The van der Waals surface area contributed by atoms with E-state index in [-0.39, 0.29) is 18.4 Å². The summed E-state index contributed by atoms with van der Waals surface area (Å²) < 4.78 is 1.74. The number of aromatic nitrogens is 1. The Bertz CT molecular complexity index is 1160. The molecule has 1 atom stereocenters. The molecule has 3 rings (SSSR count). The highest BCUT2D eigenvalue weighted by Gasteiger charge is 2.24. The van der Waals surface area contributed by atoms with Crippen molar-refractivity contribution in [1.82, 2.24) is 15.3 Å². The third-order valence-electron chi connectivity index (χ3n) is 5.07. The van der Waals surface area contributed by atoms with Gasteiger partial charge in [0.1, 0.15) is 12.6 Å². The van der Waals surface area contributed by atoms with Crippen molar-refractivity contribution >= 4 is 34.8 Å². The van der Waals surface area contributed by atoms with Gasteiger partial charge in [-0.25, -0.2) is 5.43 Å². The first kappa shape index (κ1) is 22.7. The lowest BCUT2D eigenvalue weighted by atomic mass is 10.0. The minimum Gasteiger partial charge on any atom is -0.368 e. The van der Waals surface area contributed by atoms with Crippen molar-refractivity contribution in [3.63, 3.8) is 0 Å². The van der Waals surface area contributed by atoms with Crippen LogP contribution in [0.5, 0.6) is 0 Å². The normalized spacial score (nSPS) is 12.2. The maximum atomic E-state index is 12.7. The van der Waals surface area contributed by atoms with Crippen LogP contribution in [0, 0.1) is 12.8 Å². The SMILES string of the molecule is Cc1ccc(C(=O)N[C@@H](C(=O)N/N=C/c2cn(CC(N)=O)c3ccccc23)C(C)C)cc1. The van der Waals surface area contributed by atoms with Gasteiger partial charge < -0.3 is 15.6 Å². The molecule has 8 nitrogen and oxygen atoms in total. The molecule has 32 heavy (non-hydrogen) atoms. The van der Waals surface area contributed by atoms with Crippen LogP contribution in [0.15, 0.2) is 59.8 Å². The first-order chi connectivity index (χ1) is 15.3. The fraction of sp³-hybridized carbons (Fsp3) is 0.250. The van der Waals surface area contributed by atoms with Gasteiger partial charge in [0.2, 0.25) is 5.91 Å². The molecule has 0 fully saturated rings. The van der Waals surface area contributed by atoms with Gasteiger partial charge in [-0.3, -0.25) is 14.4 Å². The Morgan fingerprint density at radius 3 is 2.44 bits per heavy atom. The quantitative estimate of drug-likeness (QED) is 0.374. The van der Waals surface area contributed by atoms with Crippen LogP contribution in [-0.4, -0.2) is 34.5 Å². The molecule has 0 saturated carbocycles. The largest absolute Gasteiger partial charge is 0.368 e. The minimum atomic E-state index is -0.753. The van der Waals surface area contributed by atoms with E-state index in [0.29, 0.717) is 5.56 Å².